The van der Waals surface area contributed by atoms with E-state index in [9.17, 15) is 8.42 Å². The van der Waals surface area contributed by atoms with E-state index in [0.29, 0.717) is 12.4 Å². The van der Waals surface area contributed by atoms with Crippen molar-refractivity contribution >= 4 is 9.84 Å². The largest absolute Gasteiger partial charge is 0.486 e. The van der Waals surface area contributed by atoms with E-state index in [4.69, 9.17) is 4.74 Å². The van der Waals surface area contributed by atoms with Crippen LogP contribution in [0.1, 0.15) is 5.82 Å². The monoisotopic (exact) mass is 281 g/mol. The van der Waals surface area contributed by atoms with Crippen LogP contribution in [0.5, 0.6) is 5.75 Å². The van der Waals surface area contributed by atoms with E-state index < -0.39 is 9.84 Å². The first-order valence-electron chi connectivity index (χ1n) is 5.77. The molecule has 0 aliphatic rings. The van der Waals surface area contributed by atoms with Crippen molar-refractivity contribution in [2.75, 3.05) is 12.0 Å². The zero-order valence-electron chi connectivity index (χ0n) is 10.6. The lowest BCUT2D eigenvalue weighted by Crippen LogP contribution is -2.12. The highest BCUT2D eigenvalue weighted by atomic mass is 32.2. The van der Waals surface area contributed by atoms with Gasteiger partial charge in [-0.15, -0.1) is 0 Å². The number of aryl methyl sites for hydroxylation is 1. The Bertz CT molecular complexity index is 623. The smallest absolute Gasteiger partial charge is 0.188 e. The quantitative estimate of drug-likeness (QED) is 0.786. The summed E-state index contributed by atoms with van der Waals surface area (Å²) in [5.74, 6) is 1.32. The van der Waals surface area contributed by atoms with Crippen molar-refractivity contribution in [3.05, 3.63) is 42.5 Å². The molecular formula is C12H15N3O3S. The summed E-state index contributed by atoms with van der Waals surface area (Å²) in [4.78, 5) is 4.06. The summed E-state index contributed by atoms with van der Waals surface area (Å²) in [6.45, 7) is 0.563. The maximum atomic E-state index is 11.0. The molecule has 0 atom stereocenters. The molecular weight excluding hydrogens is 266 g/mol. The van der Waals surface area contributed by atoms with Gasteiger partial charge in [-0.1, -0.05) is 18.2 Å². The molecule has 0 bridgehead atoms. The van der Waals surface area contributed by atoms with Crippen molar-refractivity contribution in [3.63, 3.8) is 0 Å². The first-order chi connectivity index (χ1) is 9.03. The summed E-state index contributed by atoms with van der Waals surface area (Å²) in [5, 5.41) is 4.14. The highest BCUT2D eigenvalue weighted by molar-refractivity contribution is 7.90. The van der Waals surface area contributed by atoms with E-state index in [1.165, 1.54) is 17.3 Å². The average Bonchev–Trinajstić information content (AvgIpc) is 2.82. The standard InChI is InChI=1S/C12H15N3O3S/c1-19(16,17)8-7-15-10-13-12(14-15)9-18-11-5-3-2-4-6-11/h2-6,10H,7-9H2,1H3. The first-order valence-corrected chi connectivity index (χ1v) is 7.83. The number of benzene rings is 1. The van der Waals surface area contributed by atoms with Gasteiger partial charge in [0, 0.05) is 6.26 Å². The lowest BCUT2D eigenvalue weighted by atomic mass is 10.3. The van der Waals surface area contributed by atoms with Crippen LogP contribution in [0.25, 0.3) is 0 Å². The summed E-state index contributed by atoms with van der Waals surface area (Å²) in [6.07, 6.45) is 2.71. The number of nitrogens with zero attached hydrogens (tertiary/aromatic N) is 3. The predicted molar refractivity (Wildman–Crippen MR) is 70.5 cm³/mol. The Hall–Kier alpha value is -1.89. The zero-order valence-corrected chi connectivity index (χ0v) is 11.4. The second kappa shape index (κ2) is 5.83. The Morgan fingerprint density at radius 1 is 1.26 bits per heavy atom. The van der Waals surface area contributed by atoms with Crippen molar-refractivity contribution in [2.45, 2.75) is 13.2 Å². The van der Waals surface area contributed by atoms with Gasteiger partial charge in [-0.3, -0.25) is 4.68 Å². The van der Waals surface area contributed by atoms with Crippen molar-refractivity contribution in [1.82, 2.24) is 14.8 Å². The molecule has 6 nitrogen and oxygen atoms in total. The molecule has 0 saturated heterocycles. The van der Waals surface area contributed by atoms with Gasteiger partial charge in [-0.05, 0) is 12.1 Å². The van der Waals surface area contributed by atoms with Gasteiger partial charge in [-0.25, -0.2) is 13.4 Å². The topological polar surface area (TPSA) is 74.1 Å². The third kappa shape index (κ3) is 4.70. The summed E-state index contributed by atoms with van der Waals surface area (Å²) < 4.78 is 29.1. The zero-order chi connectivity index (χ0) is 13.7. The summed E-state index contributed by atoms with van der Waals surface area (Å²) in [6, 6.07) is 9.37. The Labute approximate surface area is 112 Å². The van der Waals surface area contributed by atoms with E-state index in [1.807, 2.05) is 30.3 Å². The maximum Gasteiger partial charge on any atom is 0.188 e. The fraction of sp³-hybridized carbons (Fsp3) is 0.333. The fourth-order valence-corrected chi connectivity index (χ4v) is 1.95. The van der Waals surface area contributed by atoms with Gasteiger partial charge in [0.1, 0.15) is 28.5 Å². The van der Waals surface area contributed by atoms with Crippen LogP contribution in [0.4, 0.5) is 0 Å². The van der Waals surface area contributed by atoms with Gasteiger partial charge in [0.25, 0.3) is 0 Å². The van der Waals surface area contributed by atoms with Crippen molar-refractivity contribution in [3.8, 4) is 5.75 Å². The van der Waals surface area contributed by atoms with Crippen molar-refractivity contribution < 1.29 is 13.2 Å². The number of hydrogen-bond donors (Lipinski definition) is 0. The Balaban J connectivity index is 1.87. The lowest BCUT2D eigenvalue weighted by molar-refractivity contribution is 0.295. The van der Waals surface area contributed by atoms with Gasteiger partial charge >= 0.3 is 0 Å². The molecule has 0 radical (unpaired) electrons. The molecule has 0 aliphatic carbocycles. The molecule has 102 valence electrons. The highest BCUT2D eigenvalue weighted by Crippen LogP contribution is 2.09. The van der Waals surface area contributed by atoms with E-state index in [1.54, 1.807) is 0 Å². The van der Waals surface area contributed by atoms with Crippen molar-refractivity contribution in [2.24, 2.45) is 0 Å². The van der Waals surface area contributed by atoms with Crippen LogP contribution in [0.2, 0.25) is 0 Å². The fourth-order valence-electron chi connectivity index (χ4n) is 1.43. The van der Waals surface area contributed by atoms with Crippen molar-refractivity contribution in [1.29, 1.82) is 0 Å². The second-order valence-electron chi connectivity index (χ2n) is 4.16. The number of rotatable bonds is 6. The van der Waals surface area contributed by atoms with Crippen LogP contribution in [0.15, 0.2) is 36.7 Å². The average molecular weight is 281 g/mol. The lowest BCUT2D eigenvalue weighted by Gasteiger charge is -2.02. The minimum absolute atomic E-state index is 0.0509. The summed E-state index contributed by atoms with van der Waals surface area (Å²) in [5.41, 5.74) is 0. The molecule has 0 aliphatic heterocycles. The van der Waals surface area contributed by atoms with Gasteiger partial charge in [-0.2, -0.15) is 5.10 Å². The van der Waals surface area contributed by atoms with Crippen LogP contribution in [0.3, 0.4) is 0 Å². The Morgan fingerprint density at radius 2 is 2.00 bits per heavy atom. The minimum Gasteiger partial charge on any atom is -0.486 e. The molecule has 19 heavy (non-hydrogen) atoms. The van der Waals surface area contributed by atoms with E-state index in [-0.39, 0.29) is 12.4 Å². The van der Waals surface area contributed by atoms with Crippen LogP contribution in [0, 0.1) is 0 Å². The molecule has 1 aromatic carbocycles. The predicted octanol–water partition coefficient (Wildman–Crippen LogP) is 0.902. The number of para-hydroxylation sites is 1. The van der Waals surface area contributed by atoms with Gasteiger partial charge in [0.15, 0.2) is 5.82 Å². The number of hydrogen-bond acceptors (Lipinski definition) is 5. The molecule has 0 N–H and O–H groups in total. The number of sulfone groups is 1. The molecule has 1 heterocycles. The summed E-state index contributed by atoms with van der Waals surface area (Å²) in [7, 11) is -2.99. The number of aromatic nitrogens is 3. The van der Waals surface area contributed by atoms with Gasteiger partial charge in [0.05, 0.1) is 12.3 Å². The highest BCUT2D eigenvalue weighted by Gasteiger charge is 2.05. The SMILES string of the molecule is CS(=O)(=O)CCn1cnc(COc2ccccc2)n1. The maximum absolute atomic E-state index is 11.0. The Morgan fingerprint density at radius 3 is 2.68 bits per heavy atom. The van der Waals surface area contributed by atoms with E-state index in [2.05, 4.69) is 10.1 Å². The first kappa shape index (κ1) is 13.5. The van der Waals surface area contributed by atoms with Gasteiger partial charge < -0.3 is 4.74 Å². The molecule has 0 spiro atoms. The second-order valence-corrected chi connectivity index (χ2v) is 6.42. The van der Waals surface area contributed by atoms with E-state index in [0.717, 1.165) is 5.75 Å². The molecule has 7 heteroatoms. The normalized spacial score (nSPS) is 11.4. The molecule has 0 amide bonds. The van der Waals surface area contributed by atoms with Gasteiger partial charge in [0.2, 0.25) is 0 Å². The Kier molecular flexibility index (Phi) is 4.16. The number of ether oxygens (including phenoxy) is 1. The molecule has 0 fully saturated rings. The molecule has 2 aromatic rings. The van der Waals surface area contributed by atoms with Crippen LogP contribution in [-0.4, -0.2) is 35.2 Å². The molecule has 2 rings (SSSR count). The molecule has 1 aromatic heterocycles. The third-order valence-corrected chi connectivity index (χ3v) is 3.31. The molecule has 0 unspecified atom stereocenters. The van der Waals surface area contributed by atoms with Crippen LogP contribution in [-0.2, 0) is 23.0 Å². The van der Waals surface area contributed by atoms with Crippen LogP contribution >= 0.6 is 0 Å². The summed E-state index contributed by atoms with van der Waals surface area (Å²) >= 11 is 0. The van der Waals surface area contributed by atoms with E-state index >= 15 is 0 Å². The minimum atomic E-state index is -2.99. The third-order valence-electron chi connectivity index (χ3n) is 2.39. The van der Waals surface area contributed by atoms with Crippen LogP contribution < -0.4 is 4.74 Å². The molecule has 0 saturated carbocycles.